The molecular weight excluding hydrogens is 281 g/mol. The van der Waals surface area contributed by atoms with E-state index in [2.05, 4.69) is 0 Å². The molecule has 2 aliphatic rings. The number of benzene rings is 1. The fourth-order valence-electron chi connectivity index (χ4n) is 3.65. The van der Waals surface area contributed by atoms with Crippen LogP contribution in [0.15, 0.2) is 18.2 Å². The molecule has 1 aliphatic carbocycles. The SMILES string of the molecule is NC1CC(F)CC2(CCN(c3cc(F)cc(F)c3)C2=O)C1. The second kappa shape index (κ2) is 5.02. The van der Waals surface area contributed by atoms with Gasteiger partial charge in [0.2, 0.25) is 5.91 Å². The summed E-state index contributed by atoms with van der Waals surface area (Å²) in [5.41, 5.74) is 5.21. The van der Waals surface area contributed by atoms with E-state index in [-0.39, 0.29) is 30.5 Å². The van der Waals surface area contributed by atoms with Gasteiger partial charge in [0.25, 0.3) is 0 Å². The number of hydrogen-bond donors (Lipinski definition) is 1. The molecule has 1 spiro atoms. The number of amides is 1. The Morgan fingerprint density at radius 2 is 1.86 bits per heavy atom. The molecule has 1 saturated heterocycles. The van der Waals surface area contributed by atoms with E-state index in [4.69, 9.17) is 5.73 Å². The van der Waals surface area contributed by atoms with Crippen LogP contribution in [0.1, 0.15) is 25.7 Å². The molecule has 6 heteroatoms. The lowest BCUT2D eigenvalue weighted by molar-refractivity contribution is -0.128. The standard InChI is InChI=1S/C15H17F3N2O/c16-9-3-10(17)6-13(5-9)20-2-1-15(14(20)21)7-11(18)4-12(19)8-15/h3,5-6,11-12H,1-2,4,7-8,19H2. The molecule has 3 nitrogen and oxygen atoms in total. The molecule has 1 saturated carbocycles. The maximum Gasteiger partial charge on any atom is 0.233 e. The zero-order chi connectivity index (χ0) is 15.2. The summed E-state index contributed by atoms with van der Waals surface area (Å²) < 4.78 is 40.4. The Labute approximate surface area is 120 Å². The van der Waals surface area contributed by atoms with Gasteiger partial charge in [-0.2, -0.15) is 0 Å². The number of nitrogens with two attached hydrogens (primary N) is 1. The van der Waals surface area contributed by atoms with Crippen molar-refractivity contribution in [3.8, 4) is 0 Å². The van der Waals surface area contributed by atoms with Crippen LogP contribution in [0, 0.1) is 17.0 Å². The minimum Gasteiger partial charge on any atom is -0.328 e. The molecule has 1 aliphatic heterocycles. The minimum atomic E-state index is -1.10. The van der Waals surface area contributed by atoms with Crippen LogP contribution in [0.4, 0.5) is 18.9 Å². The van der Waals surface area contributed by atoms with Crippen LogP contribution in [-0.4, -0.2) is 24.7 Å². The van der Waals surface area contributed by atoms with Crippen LogP contribution in [0.5, 0.6) is 0 Å². The lowest BCUT2D eigenvalue weighted by Crippen LogP contribution is -2.45. The van der Waals surface area contributed by atoms with E-state index in [1.807, 2.05) is 0 Å². The lowest BCUT2D eigenvalue weighted by atomic mass is 9.70. The first-order valence-electron chi connectivity index (χ1n) is 7.07. The topological polar surface area (TPSA) is 46.3 Å². The highest BCUT2D eigenvalue weighted by molar-refractivity contribution is 6.00. The van der Waals surface area contributed by atoms with Gasteiger partial charge < -0.3 is 10.6 Å². The number of rotatable bonds is 1. The van der Waals surface area contributed by atoms with Crippen LogP contribution in [-0.2, 0) is 4.79 Å². The predicted octanol–water partition coefficient (Wildman–Crippen LogP) is 2.54. The first-order chi connectivity index (χ1) is 9.89. The van der Waals surface area contributed by atoms with Crippen molar-refractivity contribution in [1.29, 1.82) is 0 Å². The third kappa shape index (κ3) is 2.52. The number of anilines is 1. The summed E-state index contributed by atoms with van der Waals surface area (Å²) in [7, 11) is 0. The van der Waals surface area contributed by atoms with Crippen LogP contribution in [0.2, 0.25) is 0 Å². The first-order valence-corrected chi connectivity index (χ1v) is 7.07. The van der Waals surface area contributed by atoms with Gasteiger partial charge in [-0.3, -0.25) is 4.79 Å². The molecule has 1 aromatic carbocycles. The largest absolute Gasteiger partial charge is 0.328 e. The van der Waals surface area contributed by atoms with Gasteiger partial charge in [0.05, 0.1) is 5.41 Å². The molecule has 0 bridgehead atoms. The summed E-state index contributed by atoms with van der Waals surface area (Å²) in [5, 5.41) is 0. The zero-order valence-corrected chi connectivity index (χ0v) is 11.5. The molecule has 3 unspecified atom stereocenters. The van der Waals surface area contributed by atoms with E-state index in [0.29, 0.717) is 19.4 Å². The van der Waals surface area contributed by atoms with Gasteiger partial charge in [-0.15, -0.1) is 0 Å². The van der Waals surface area contributed by atoms with Crippen molar-refractivity contribution in [1.82, 2.24) is 0 Å². The molecule has 3 rings (SSSR count). The maximum absolute atomic E-state index is 13.8. The van der Waals surface area contributed by atoms with Crippen molar-refractivity contribution < 1.29 is 18.0 Å². The van der Waals surface area contributed by atoms with E-state index in [1.54, 1.807) is 0 Å². The number of carbonyl (C=O) groups is 1. The van der Waals surface area contributed by atoms with Gasteiger partial charge in [-0.25, -0.2) is 13.2 Å². The Kier molecular flexibility index (Phi) is 3.43. The van der Waals surface area contributed by atoms with Gasteiger partial charge in [0.15, 0.2) is 0 Å². The maximum atomic E-state index is 13.8. The highest BCUT2D eigenvalue weighted by atomic mass is 19.1. The fraction of sp³-hybridized carbons (Fsp3) is 0.533. The van der Waals surface area contributed by atoms with Crippen molar-refractivity contribution in [3.63, 3.8) is 0 Å². The summed E-state index contributed by atoms with van der Waals surface area (Å²) in [6.07, 6.45) is 0.220. The van der Waals surface area contributed by atoms with Crippen molar-refractivity contribution in [2.75, 3.05) is 11.4 Å². The van der Waals surface area contributed by atoms with Crippen LogP contribution in [0.3, 0.4) is 0 Å². The van der Waals surface area contributed by atoms with E-state index in [9.17, 15) is 18.0 Å². The molecule has 114 valence electrons. The smallest absolute Gasteiger partial charge is 0.233 e. The summed E-state index contributed by atoms with van der Waals surface area (Å²) in [6, 6.07) is 2.65. The molecule has 0 radical (unpaired) electrons. The monoisotopic (exact) mass is 298 g/mol. The van der Waals surface area contributed by atoms with Crippen molar-refractivity contribution >= 4 is 11.6 Å². The number of halogens is 3. The van der Waals surface area contributed by atoms with E-state index < -0.39 is 23.2 Å². The second-order valence-corrected chi connectivity index (χ2v) is 6.12. The predicted molar refractivity (Wildman–Crippen MR) is 72.5 cm³/mol. The Morgan fingerprint density at radius 3 is 2.48 bits per heavy atom. The Balaban J connectivity index is 1.89. The normalized spacial score (nSPS) is 33.0. The van der Waals surface area contributed by atoms with Gasteiger partial charge in [0.1, 0.15) is 17.8 Å². The summed E-state index contributed by atoms with van der Waals surface area (Å²) in [5.74, 6) is -1.74. The fourth-order valence-corrected chi connectivity index (χ4v) is 3.65. The third-order valence-corrected chi connectivity index (χ3v) is 4.50. The number of carbonyl (C=O) groups excluding carboxylic acids is 1. The first kappa shape index (κ1) is 14.4. The third-order valence-electron chi connectivity index (χ3n) is 4.50. The van der Waals surface area contributed by atoms with Crippen LogP contribution < -0.4 is 10.6 Å². The van der Waals surface area contributed by atoms with Gasteiger partial charge in [0, 0.05) is 24.3 Å². The zero-order valence-electron chi connectivity index (χ0n) is 11.5. The Hall–Kier alpha value is -1.56. The minimum absolute atomic E-state index is 0.147. The number of alkyl halides is 1. The highest BCUT2D eigenvalue weighted by Gasteiger charge is 2.51. The lowest BCUT2D eigenvalue weighted by Gasteiger charge is -2.36. The van der Waals surface area contributed by atoms with Crippen LogP contribution >= 0.6 is 0 Å². The molecule has 2 N–H and O–H groups in total. The summed E-state index contributed by atoms with van der Waals surface area (Å²) in [6.45, 7) is 0.334. The quantitative estimate of drug-likeness (QED) is 0.866. The molecular formula is C15H17F3N2O. The van der Waals surface area contributed by atoms with Crippen molar-refractivity contribution in [2.45, 2.75) is 37.9 Å². The van der Waals surface area contributed by atoms with Gasteiger partial charge in [-0.05, 0) is 37.8 Å². The molecule has 1 heterocycles. The van der Waals surface area contributed by atoms with E-state index >= 15 is 0 Å². The average molecular weight is 298 g/mol. The van der Waals surface area contributed by atoms with Crippen molar-refractivity contribution in [2.24, 2.45) is 11.1 Å². The molecule has 0 aromatic heterocycles. The van der Waals surface area contributed by atoms with E-state index in [1.165, 1.54) is 4.90 Å². The number of hydrogen-bond acceptors (Lipinski definition) is 2. The molecule has 2 fully saturated rings. The Bertz CT molecular complexity index is 548. The van der Waals surface area contributed by atoms with E-state index in [0.717, 1.165) is 18.2 Å². The molecule has 1 aromatic rings. The second-order valence-electron chi connectivity index (χ2n) is 6.12. The summed E-state index contributed by atoms with van der Waals surface area (Å²) >= 11 is 0. The van der Waals surface area contributed by atoms with Crippen molar-refractivity contribution in [3.05, 3.63) is 29.8 Å². The summed E-state index contributed by atoms with van der Waals surface area (Å²) in [4.78, 5) is 14.0. The average Bonchev–Trinajstić information content (AvgIpc) is 2.64. The number of nitrogens with zero attached hydrogens (tertiary/aromatic N) is 1. The molecule has 21 heavy (non-hydrogen) atoms. The molecule has 3 atom stereocenters. The Morgan fingerprint density at radius 1 is 1.19 bits per heavy atom. The molecule has 1 amide bonds. The van der Waals surface area contributed by atoms with Crippen LogP contribution in [0.25, 0.3) is 0 Å². The van der Waals surface area contributed by atoms with Gasteiger partial charge in [-0.1, -0.05) is 0 Å². The van der Waals surface area contributed by atoms with Gasteiger partial charge >= 0.3 is 0 Å². The highest BCUT2D eigenvalue weighted by Crippen LogP contribution is 2.46.